The maximum atomic E-state index is 15.1. The average Bonchev–Trinajstić information content (AvgIpc) is 2.77. The van der Waals surface area contributed by atoms with Crippen molar-refractivity contribution in [1.29, 1.82) is 5.16 Å². The molecule has 0 spiro atoms. The average molecular weight is 550 g/mol. The smallest absolute Gasteiger partial charge is 0.200 e. The third-order valence-electron chi connectivity index (χ3n) is 6.64. The standard InChI is InChI=1S/C22H24BF10NOP/c1-21(2,3)36(34,22(4,5)6)8-23(35-7,9-11(24)15(28)19(32)16(29)12(9)25)10-13(26)17(30)20(33)18(31)14(10)27/h34H,8H2,1-7H3/q-1. The van der Waals surface area contributed by atoms with Gasteiger partial charge in [-0.15, -0.1) is 6.06 Å². The summed E-state index contributed by atoms with van der Waals surface area (Å²) in [5.41, 5.74) is -3.83. The molecule has 0 saturated heterocycles. The number of hydrogen-bond donors (Lipinski definition) is 1. The van der Waals surface area contributed by atoms with E-state index in [0.717, 1.165) is 0 Å². The number of benzene rings is 2. The molecule has 0 saturated carbocycles. The van der Waals surface area contributed by atoms with E-state index in [9.17, 15) is 31.5 Å². The molecule has 2 aromatic carbocycles. The van der Waals surface area contributed by atoms with E-state index in [1.807, 2.05) is 0 Å². The van der Waals surface area contributed by atoms with Crippen LogP contribution in [0, 0.1) is 63.3 Å². The van der Waals surface area contributed by atoms with Crippen molar-refractivity contribution in [3.05, 3.63) is 58.2 Å². The minimum absolute atomic E-state index is 0.575. The highest BCUT2D eigenvalue weighted by molar-refractivity contribution is 7.71. The molecule has 202 valence electrons. The Labute approximate surface area is 201 Å². The summed E-state index contributed by atoms with van der Waals surface area (Å²) in [5, 5.41) is 7.00. The van der Waals surface area contributed by atoms with Crippen LogP contribution in [-0.4, -0.2) is 29.8 Å². The molecular weight excluding hydrogens is 526 g/mol. The second kappa shape index (κ2) is 9.38. The number of halogens is 10. The van der Waals surface area contributed by atoms with Gasteiger partial charge in [0.2, 0.25) is 0 Å². The van der Waals surface area contributed by atoms with Crippen LogP contribution in [-0.2, 0) is 4.65 Å². The zero-order valence-corrected chi connectivity index (χ0v) is 21.3. The molecule has 0 atom stereocenters. The van der Waals surface area contributed by atoms with Gasteiger partial charge in [0.1, 0.15) is 23.3 Å². The molecule has 2 rings (SSSR count). The Hall–Kier alpha value is -2.01. The molecule has 0 aromatic heterocycles. The van der Waals surface area contributed by atoms with E-state index in [4.69, 9.17) is 4.65 Å². The molecule has 0 aliphatic rings. The lowest BCUT2D eigenvalue weighted by Gasteiger charge is -2.53. The third kappa shape index (κ3) is 4.25. The summed E-state index contributed by atoms with van der Waals surface area (Å²) in [7, 11) is -3.09. The molecule has 1 N–H and O–H groups in total. The molecule has 2 aromatic rings. The van der Waals surface area contributed by atoms with Crippen LogP contribution in [0.5, 0.6) is 0 Å². The van der Waals surface area contributed by atoms with Crippen LogP contribution >= 0.6 is 7.05 Å². The summed E-state index contributed by atoms with van der Waals surface area (Å²) >= 11 is 0. The first-order valence-electron chi connectivity index (χ1n) is 10.5. The molecule has 0 radical (unpaired) electrons. The van der Waals surface area contributed by atoms with Gasteiger partial charge in [-0.1, -0.05) is 59.5 Å². The van der Waals surface area contributed by atoms with E-state index in [0.29, 0.717) is 7.11 Å². The largest absolute Gasteiger partial charge is 0.584 e. The molecule has 2 nitrogen and oxygen atoms in total. The minimum Gasteiger partial charge on any atom is -0.584 e. The molecule has 0 aliphatic carbocycles. The van der Waals surface area contributed by atoms with Crippen LogP contribution in [0.2, 0.25) is 0 Å². The predicted molar refractivity (Wildman–Crippen MR) is 119 cm³/mol. The van der Waals surface area contributed by atoms with E-state index < -0.39 is 98.9 Å². The van der Waals surface area contributed by atoms with Crippen molar-refractivity contribution in [2.24, 2.45) is 0 Å². The Morgan fingerprint density at radius 2 is 0.778 bits per heavy atom. The Kier molecular flexibility index (Phi) is 7.88. The van der Waals surface area contributed by atoms with E-state index in [2.05, 4.69) is 0 Å². The van der Waals surface area contributed by atoms with Gasteiger partial charge in [0, 0.05) is 0 Å². The number of nitrogens with one attached hydrogen (secondary N) is 1. The van der Waals surface area contributed by atoms with Crippen molar-refractivity contribution in [2.45, 2.75) is 51.9 Å². The van der Waals surface area contributed by atoms with Gasteiger partial charge in [0.05, 0.1) is 0 Å². The first-order chi connectivity index (χ1) is 16.1. The van der Waals surface area contributed by atoms with Gasteiger partial charge in [-0.25, -0.2) is 43.9 Å². The summed E-state index contributed by atoms with van der Waals surface area (Å²) in [5.74, 6) is -25.6. The van der Waals surface area contributed by atoms with E-state index >= 15 is 17.6 Å². The van der Waals surface area contributed by atoms with Crippen molar-refractivity contribution in [3.63, 3.8) is 0 Å². The summed E-state index contributed by atoms with van der Waals surface area (Å²) in [6.07, 6.45) is -4.47. The molecular formula is C22H24BF10NOP-. The van der Waals surface area contributed by atoms with Crippen LogP contribution in [0.1, 0.15) is 41.5 Å². The molecule has 0 bridgehead atoms. The zero-order valence-electron chi connectivity index (χ0n) is 20.4. The normalized spacial score (nSPS) is 13.5. The fraction of sp³-hybridized carbons (Fsp3) is 0.455. The fourth-order valence-electron chi connectivity index (χ4n) is 4.64. The summed E-state index contributed by atoms with van der Waals surface area (Å²) in [6, 6.07) is -1.12. The van der Waals surface area contributed by atoms with Gasteiger partial charge in [-0.05, 0) is 17.4 Å². The van der Waals surface area contributed by atoms with Crippen LogP contribution in [0.15, 0.2) is 0 Å². The maximum Gasteiger partial charge on any atom is 0.200 e. The molecule has 36 heavy (non-hydrogen) atoms. The summed E-state index contributed by atoms with van der Waals surface area (Å²) < 4.78 is 150. The monoisotopic (exact) mass is 550 g/mol. The zero-order chi connectivity index (χ0) is 28.3. The van der Waals surface area contributed by atoms with Crippen LogP contribution in [0.3, 0.4) is 0 Å². The van der Waals surface area contributed by atoms with E-state index in [-0.39, 0.29) is 0 Å². The highest BCUT2D eigenvalue weighted by Crippen LogP contribution is 2.68. The molecule has 14 heteroatoms. The van der Waals surface area contributed by atoms with E-state index in [1.165, 1.54) is 41.5 Å². The highest BCUT2D eigenvalue weighted by Gasteiger charge is 2.51. The van der Waals surface area contributed by atoms with Crippen molar-refractivity contribution in [3.8, 4) is 0 Å². The Balaban J connectivity index is 3.32. The Morgan fingerprint density at radius 3 is 0.972 bits per heavy atom. The van der Waals surface area contributed by atoms with Gasteiger partial charge >= 0.3 is 0 Å². The van der Waals surface area contributed by atoms with Crippen LogP contribution < -0.4 is 10.9 Å². The summed E-state index contributed by atoms with van der Waals surface area (Å²) in [6.45, 7) is 8.96. The quantitative estimate of drug-likeness (QED) is 0.145. The van der Waals surface area contributed by atoms with Crippen molar-refractivity contribution in [1.82, 2.24) is 0 Å². The molecule has 0 aliphatic heterocycles. The lowest BCUT2D eigenvalue weighted by atomic mass is 9.32. The van der Waals surface area contributed by atoms with Gasteiger partial charge in [0.25, 0.3) is 0 Å². The first kappa shape index (κ1) is 30.2. The molecule has 0 amide bonds. The van der Waals surface area contributed by atoms with Crippen LogP contribution in [0.25, 0.3) is 0 Å². The maximum absolute atomic E-state index is 15.1. The highest BCUT2D eigenvalue weighted by atomic mass is 31.2. The number of rotatable bonds is 5. The lowest BCUT2D eigenvalue weighted by molar-refractivity contribution is 0.368. The van der Waals surface area contributed by atoms with Gasteiger partial charge < -0.3 is 9.82 Å². The first-order valence-corrected chi connectivity index (χ1v) is 12.5. The van der Waals surface area contributed by atoms with E-state index in [1.54, 1.807) is 0 Å². The number of hydrogen-bond acceptors (Lipinski definition) is 2. The van der Waals surface area contributed by atoms with Crippen LogP contribution in [0.4, 0.5) is 43.9 Å². The third-order valence-corrected chi connectivity index (χ3v) is 12.3. The fourth-order valence-corrected chi connectivity index (χ4v) is 9.03. The molecule has 0 fully saturated rings. The Morgan fingerprint density at radius 1 is 0.556 bits per heavy atom. The second-order valence-corrected chi connectivity index (χ2v) is 15.2. The lowest BCUT2D eigenvalue weighted by Crippen LogP contribution is -2.69. The molecule has 0 unspecified atom stereocenters. The minimum atomic E-state index is -4.47. The van der Waals surface area contributed by atoms with Crippen molar-refractivity contribution >= 4 is 24.3 Å². The Bertz CT molecular complexity index is 1120. The summed E-state index contributed by atoms with van der Waals surface area (Å²) in [4.78, 5) is 0. The second-order valence-electron chi connectivity index (χ2n) is 10.5. The van der Waals surface area contributed by atoms with Gasteiger partial charge in [-0.2, -0.15) is 0 Å². The predicted octanol–water partition coefficient (Wildman–Crippen LogP) is 6.70. The SMILES string of the molecule is CO[B-](CP(=N)(C(C)(C)C)C(C)(C)C)(c1c(F)c(F)c(F)c(F)c1F)c1c(F)c(F)c(F)c(F)c1F. The molecule has 0 heterocycles. The van der Waals surface area contributed by atoms with Crippen molar-refractivity contribution < 1.29 is 48.6 Å². The van der Waals surface area contributed by atoms with Gasteiger partial charge in [-0.3, -0.25) is 0 Å². The van der Waals surface area contributed by atoms with Crippen molar-refractivity contribution in [2.75, 3.05) is 13.2 Å². The van der Waals surface area contributed by atoms with Gasteiger partial charge in [0.15, 0.2) is 41.3 Å². The topological polar surface area (TPSA) is 33.1 Å².